The fraction of sp³-hybridized carbons (Fsp3) is 0.545. The Kier molecular flexibility index (Phi) is 4.29. The van der Waals surface area contributed by atoms with E-state index in [2.05, 4.69) is 24.7 Å². The van der Waals surface area contributed by atoms with Crippen LogP contribution in [0.25, 0.3) is 0 Å². The van der Waals surface area contributed by atoms with Gasteiger partial charge in [-0.25, -0.2) is 0 Å². The van der Waals surface area contributed by atoms with E-state index in [1.54, 1.807) is 11.3 Å². The molecule has 0 aliphatic heterocycles. The summed E-state index contributed by atoms with van der Waals surface area (Å²) in [6.07, 6.45) is 0.560. The van der Waals surface area contributed by atoms with Gasteiger partial charge in [0.05, 0.1) is 7.11 Å². The molecule has 0 unspecified atom stereocenters. The molecule has 0 aliphatic rings. The fourth-order valence-electron chi connectivity index (χ4n) is 1.27. The van der Waals surface area contributed by atoms with Crippen LogP contribution >= 0.6 is 11.3 Å². The molecule has 1 rings (SSSR count). The summed E-state index contributed by atoms with van der Waals surface area (Å²) in [5, 5.41) is 0. The van der Waals surface area contributed by atoms with Crippen LogP contribution in [0.1, 0.15) is 29.5 Å². The van der Waals surface area contributed by atoms with Crippen molar-refractivity contribution >= 4 is 17.3 Å². The molecular weight excluding hydrogens is 210 g/mol. The predicted octanol–water partition coefficient (Wildman–Crippen LogP) is 1.91. The molecule has 15 heavy (non-hydrogen) atoms. The number of methoxy groups -OCH3 is 1. The lowest BCUT2D eigenvalue weighted by Gasteiger charge is -2.06. The van der Waals surface area contributed by atoms with Gasteiger partial charge in [0.15, 0.2) is 0 Å². The van der Waals surface area contributed by atoms with Crippen molar-refractivity contribution < 1.29 is 9.53 Å². The highest BCUT2D eigenvalue weighted by Gasteiger charge is 2.15. The molecule has 4 heteroatoms. The maximum absolute atomic E-state index is 11.1. The summed E-state index contributed by atoms with van der Waals surface area (Å²) >= 11 is 1.71. The van der Waals surface area contributed by atoms with Gasteiger partial charge in [0.25, 0.3) is 0 Å². The molecule has 0 saturated heterocycles. The summed E-state index contributed by atoms with van der Waals surface area (Å²) in [5.74, 6) is 0.174. The molecular formula is C11H17NO2S. The molecule has 0 amide bonds. The van der Waals surface area contributed by atoms with Crippen LogP contribution in [0, 0.1) is 0 Å². The first kappa shape index (κ1) is 12.2. The smallest absolute Gasteiger partial charge is 0.323 e. The van der Waals surface area contributed by atoms with Crippen LogP contribution in [-0.4, -0.2) is 19.1 Å². The summed E-state index contributed by atoms with van der Waals surface area (Å²) in [5.41, 5.74) is 5.68. The highest BCUT2D eigenvalue weighted by atomic mass is 32.1. The standard InChI is InChI=1S/C11H17NO2S/c1-7(2)10-5-4-8(15-10)6-9(12)11(13)14-3/h4-5,7,9H,6,12H2,1-3H3/t9-/m1/s1. The largest absolute Gasteiger partial charge is 0.468 e. The number of thiophene rings is 1. The van der Waals surface area contributed by atoms with Crippen LogP contribution in [0.3, 0.4) is 0 Å². The van der Waals surface area contributed by atoms with Crippen LogP contribution in [0.4, 0.5) is 0 Å². The van der Waals surface area contributed by atoms with E-state index in [0.717, 1.165) is 4.88 Å². The Morgan fingerprint density at radius 3 is 2.67 bits per heavy atom. The van der Waals surface area contributed by atoms with Crippen LogP contribution < -0.4 is 5.73 Å². The van der Waals surface area contributed by atoms with Gasteiger partial charge in [-0.05, 0) is 18.1 Å². The van der Waals surface area contributed by atoms with Gasteiger partial charge < -0.3 is 10.5 Å². The zero-order valence-corrected chi connectivity index (χ0v) is 10.1. The highest BCUT2D eigenvalue weighted by molar-refractivity contribution is 7.12. The molecule has 84 valence electrons. The minimum Gasteiger partial charge on any atom is -0.468 e. The molecule has 2 N–H and O–H groups in total. The lowest BCUT2D eigenvalue weighted by atomic mass is 10.1. The van der Waals surface area contributed by atoms with E-state index < -0.39 is 6.04 Å². The van der Waals surface area contributed by atoms with Gasteiger partial charge in [0.2, 0.25) is 0 Å². The van der Waals surface area contributed by atoms with Gasteiger partial charge in [-0.3, -0.25) is 4.79 Å². The number of hydrogen-bond acceptors (Lipinski definition) is 4. The van der Waals surface area contributed by atoms with Crippen molar-refractivity contribution in [3.8, 4) is 0 Å². The van der Waals surface area contributed by atoms with Gasteiger partial charge in [0.1, 0.15) is 6.04 Å². The number of hydrogen-bond donors (Lipinski definition) is 1. The molecule has 1 aromatic rings. The number of rotatable bonds is 4. The van der Waals surface area contributed by atoms with Crippen molar-refractivity contribution in [3.05, 3.63) is 21.9 Å². The number of carbonyl (C=O) groups excluding carboxylic acids is 1. The summed E-state index contributed by atoms with van der Waals surface area (Å²) in [4.78, 5) is 13.6. The average Bonchev–Trinajstić information content (AvgIpc) is 2.65. The summed E-state index contributed by atoms with van der Waals surface area (Å²) < 4.78 is 4.58. The maximum Gasteiger partial charge on any atom is 0.323 e. The monoisotopic (exact) mass is 227 g/mol. The molecule has 0 radical (unpaired) electrons. The van der Waals surface area contributed by atoms with Gasteiger partial charge in [0, 0.05) is 16.2 Å². The molecule has 0 saturated carbocycles. The SMILES string of the molecule is COC(=O)[C@H](N)Cc1ccc(C(C)C)s1. The first-order valence-corrected chi connectivity index (χ1v) is 5.78. The van der Waals surface area contributed by atoms with Crippen molar-refractivity contribution in [3.63, 3.8) is 0 Å². The van der Waals surface area contributed by atoms with Gasteiger partial charge in [-0.1, -0.05) is 13.8 Å². The molecule has 0 bridgehead atoms. The third-order valence-electron chi connectivity index (χ3n) is 2.18. The normalized spacial score (nSPS) is 12.9. The first-order valence-electron chi connectivity index (χ1n) is 4.96. The van der Waals surface area contributed by atoms with Crippen molar-refractivity contribution in [2.75, 3.05) is 7.11 Å². The van der Waals surface area contributed by atoms with E-state index in [9.17, 15) is 4.79 Å². The molecule has 1 heterocycles. The highest BCUT2D eigenvalue weighted by Crippen LogP contribution is 2.24. The lowest BCUT2D eigenvalue weighted by molar-refractivity contribution is -0.142. The number of ether oxygens (including phenoxy) is 1. The van der Waals surface area contributed by atoms with Crippen LogP contribution in [0.15, 0.2) is 12.1 Å². The van der Waals surface area contributed by atoms with Crippen LogP contribution in [0.5, 0.6) is 0 Å². The number of esters is 1. The molecule has 0 fully saturated rings. The Bertz CT molecular complexity index is 333. The van der Waals surface area contributed by atoms with E-state index in [1.807, 2.05) is 6.07 Å². The average molecular weight is 227 g/mol. The van der Waals surface area contributed by atoms with Gasteiger partial charge >= 0.3 is 5.97 Å². The second kappa shape index (κ2) is 5.28. The quantitative estimate of drug-likeness (QED) is 0.799. The van der Waals surface area contributed by atoms with Crippen LogP contribution in [-0.2, 0) is 16.0 Å². The summed E-state index contributed by atoms with van der Waals surface area (Å²) in [6, 6.07) is 3.57. The Balaban J connectivity index is 2.61. The lowest BCUT2D eigenvalue weighted by Crippen LogP contribution is -2.33. The molecule has 3 nitrogen and oxygen atoms in total. The Labute approximate surface area is 94.2 Å². The predicted molar refractivity (Wildman–Crippen MR) is 62.1 cm³/mol. The second-order valence-corrected chi connectivity index (χ2v) is 4.99. The minimum absolute atomic E-state index is 0.352. The second-order valence-electron chi connectivity index (χ2n) is 3.79. The van der Waals surface area contributed by atoms with E-state index in [1.165, 1.54) is 12.0 Å². The molecule has 0 aliphatic carbocycles. The fourth-order valence-corrected chi connectivity index (χ4v) is 2.34. The Hall–Kier alpha value is -0.870. The van der Waals surface area contributed by atoms with E-state index >= 15 is 0 Å². The first-order chi connectivity index (χ1) is 7.04. The number of carbonyl (C=O) groups is 1. The summed E-state index contributed by atoms with van der Waals surface area (Å²) in [6.45, 7) is 4.30. The third-order valence-corrected chi connectivity index (χ3v) is 3.58. The van der Waals surface area contributed by atoms with Crippen LogP contribution in [0.2, 0.25) is 0 Å². The van der Waals surface area contributed by atoms with Gasteiger partial charge in [-0.2, -0.15) is 0 Å². The topological polar surface area (TPSA) is 52.3 Å². The Morgan fingerprint density at radius 1 is 1.53 bits per heavy atom. The summed E-state index contributed by atoms with van der Waals surface area (Å²) in [7, 11) is 1.36. The van der Waals surface area contributed by atoms with Crippen molar-refractivity contribution in [1.29, 1.82) is 0 Å². The molecule has 0 aromatic carbocycles. The molecule has 1 aromatic heterocycles. The molecule has 0 spiro atoms. The van der Waals surface area contributed by atoms with E-state index in [4.69, 9.17) is 5.73 Å². The van der Waals surface area contributed by atoms with E-state index in [0.29, 0.717) is 12.3 Å². The van der Waals surface area contributed by atoms with Crippen molar-refractivity contribution in [2.24, 2.45) is 5.73 Å². The van der Waals surface area contributed by atoms with E-state index in [-0.39, 0.29) is 5.97 Å². The Morgan fingerprint density at radius 2 is 2.20 bits per heavy atom. The minimum atomic E-state index is -0.548. The third kappa shape index (κ3) is 3.32. The van der Waals surface area contributed by atoms with Crippen molar-refractivity contribution in [1.82, 2.24) is 0 Å². The molecule has 1 atom stereocenters. The maximum atomic E-state index is 11.1. The zero-order valence-electron chi connectivity index (χ0n) is 9.32. The van der Waals surface area contributed by atoms with Gasteiger partial charge in [-0.15, -0.1) is 11.3 Å². The zero-order chi connectivity index (χ0) is 11.4. The van der Waals surface area contributed by atoms with Crippen molar-refractivity contribution in [2.45, 2.75) is 32.2 Å². The number of nitrogens with two attached hydrogens (primary N) is 1.